The molecule has 1 saturated heterocycles. The van der Waals surface area contributed by atoms with Crippen molar-refractivity contribution in [2.24, 2.45) is 17.3 Å². The minimum Gasteiger partial charge on any atom is -0.349 e. The van der Waals surface area contributed by atoms with Crippen LogP contribution in [0.25, 0.3) is 0 Å². The van der Waals surface area contributed by atoms with E-state index in [0.717, 1.165) is 32.2 Å². The summed E-state index contributed by atoms with van der Waals surface area (Å²) in [5.74, 6) is -1.86. The molecule has 0 bridgehead atoms. The third kappa shape index (κ3) is 13.2. The summed E-state index contributed by atoms with van der Waals surface area (Å²) in [7, 11) is 0. The summed E-state index contributed by atoms with van der Waals surface area (Å²) in [4.78, 5) is 72.8. The van der Waals surface area contributed by atoms with Crippen LogP contribution in [0.15, 0.2) is 0 Å². The van der Waals surface area contributed by atoms with Gasteiger partial charge in [-0.15, -0.1) is 0 Å². The maximum absolute atomic E-state index is 13.0. The maximum atomic E-state index is 13.0. The van der Waals surface area contributed by atoms with Gasteiger partial charge >= 0.3 is 12.2 Å². The Balaban J connectivity index is 0.000000474. The molecule has 2 rings (SSSR count). The van der Waals surface area contributed by atoms with Gasteiger partial charge in [-0.25, -0.2) is 4.79 Å². The molecule has 1 saturated carbocycles. The molecule has 14 heteroatoms. The summed E-state index contributed by atoms with van der Waals surface area (Å²) in [6.07, 6.45) is -1.81. The van der Waals surface area contributed by atoms with Gasteiger partial charge in [0.2, 0.25) is 18.1 Å². The molecular weight excluding hydrogens is 583 g/mol. The number of nitrogens with zero attached hydrogens (tertiary/aromatic N) is 1. The number of carbonyl (C=O) groups excluding carboxylic acids is 6. The van der Waals surface area contributed by atoms with E-state index in [1.165, 1.54) is 0 Å². The summed E-state index contributed by atoms with van der Waals surface area (Å²) in [5, 5.41) is 9.85. The monoisotopic (exact) mass is 633 g/mol. The maximum Gasteiger partial charge on any atom is 0.389 e. The quantitative estimate of drug-likeness (QED) is 0.170. The van der Waals surface area contributed by atoms with Crippen molar-refractivity contribution in [1.29, 1.82) is 0 Å². The van der Waals surface area contributed by atoms with Crippen LogP contribution in [0.2, 0.25) is 0 Å². The summed E-state index contributed by atoms with van der Waals surface area (Å²) in [6, 6.07) is -2.79. The number of urea groups is 1. The number of rotatable bonds is 14. The van der Waals surface area contributed by atoms with Gasteiger partial charge in [-0.1, -0.05) is 41.5 Å². The summed E-state index contributed by atoms with van der Waals surface area (Å²) in [6.45, 7) is 14.5. The Kier molecular flexibility index (Phi) is 15.3. The first-order valence-corrected chi connectivity index (χ1v) is 15.3. The topological polar surface area (TPSA) is 154 Å². The van der Waals surface area contributed by atoms with Gasteiger partial charge in [0.05, 0.1) is 12.1 Å². The Labute approximate surface area is 258 Å². The smallest absolute Gasteiger partial charge is 0.349 e. The molecule has 1 aliphatic heterocycles. The van der Waals surface area contributed by atoms with E-state index in [9.17, 15) is 41.9 Å². The fourth-order valence-electron chi connectivity index (χ4n) is 4.74. The number of amides is 5. The molecule has 1 aliphatic carbocycles. The van der Waals surface area contributed by atoms with Gasteiger partial charge in [-0.05, 0) is 56.8 Å². The van der Waals surface area contributed by atoms with Crippen molar-refractivity contribution in [1.82, 2.24) is 26.2 Å². The van der Waals surface area contributed by atoms with Crippen molar-refractivity contribution in [3.05, 3.63) is 0 Å². The third-order valence-corrected chi connectivity index (χ3v) is 7.53. The van der Waals surface area contributed by atoms with Crippen molar-refractivity contribution >= 4 is 35.8 Å². The van der Waals surface area contributed by atoms with E-state index in [2.05, 4.69) is 16.0 Å². The SMILES string of the molecule is CC(C)C(NC(=O)NC(C(=O)N1CCCC1C)C(C)(C)C)C(=O)C1CC1.CCCNC(=O)C(=O)C(CCC(F)(F)F)NC=O. The van der Waals surface area contributed by atoms with Crippen molar-refractivity contribution in [3.8, 4) is 0 Å². The minimum atomic E-state index is -4.44. The summed E-state index contributed by atoms with van der Waals surface area (Å²) < 4.78 is 36.0. The van der Waals surface area contributed by atoms with Gasteiger partial charge in [0, 0.05) is 31.5 Å². The lowest BCUT2D eigenvalue weighted by Gasteiger charge is -2.35. The number of Topliss-reactive ketones (excluding diaryl/α,β-unsaturated/α-hetero) is 2. The highest BCUT2D eigenvalue weighted by Crippen LogP contribution is 2.32. The zero-order valence-corrected chi connectivity index (χ0v) is 26.9. The second kappa shape index (κ2) is 17.3. The average molecular weight is 634 g/mol. The molecule has 2 fully saturated rings. The van der Waals surface area contributed by atoms with E-state index in [-0.39, 0.29) is 42.5 Å². The Morgan fingerprint density at radius 2 is 1.61 bits per heavy atom. The van der Waals surface area contributed by atoms with E-state index in [1.807, 2.05) is 51.8 Å². The van der Waals surface area contributed by atoms with Crippen LogP contribution >= 0.6 is 0 Å². The molecule has 0 aromatic rings. The molecule has 5 amide bonds. The molecule has 0 radical (unpaired) electrons. The van der Waals surface area contributed by atoms with Crippen LogP contribution in [0.3, 0.4) is 0 Å². The van der Waals surface area contributed by atoms with Crippen molar-refractivity contribution in [2.75, 3.05) is 13.1 Å². The van der Waals surface area contributed by atoms with E-state index >= 15 is 0 Å². The molecule has 4 N–H and O–H groups in total. The normalized spacial score (nSPS) is 18.7. The van der Waals surface area contributed by atoms with Crippen molar-refractivity contribution < 1.29 is 41.9 Å². The van der Waals surface area contributed by atoms with Crippen LogP contribution in [0.4, 0.5) is 18.0 Å². The number of carbonyl (C=O) groups is 6. The minimum absolute atomic E-state index is 0.0243. The second-order valence-electron chi connectivity index (χ2n) is 12.9. The highest BCUT2D eigenvalue weighted by molar-refractivity contribution is 6.38. The number of nitrogens with one attached hydrogen (secondary N) is 4. The van der Waals surface area contributed by atoms with E-state index in [0.29, 0.717) is 6.42 Å². The third-order valence-electron chi connectivity index (χ3n) is 7.53. The first kappa shape index (κ1) is 38.8. The molecule has 0 aromatic carbocycles. The molecule has 0 aromatic heterocycles. The lowest BCUT2D eigenvalue weighted by Crippen LogP contribution is -2.59. The van der Waals surface area contributed by atoms with E-state index in [4.69, 9.17) is 0 Å². The van der Waals surface area contributed by atoms with Gasteiger partial charge in [0.1, 0.15) is 6.04 Å². The van der Waals surface area contributed by atoms with Crippen molar-refractivity contribution in [3.63, 3.8) is 0 Å². The molecule has 4 atom stereocenters. The summed E-state index contributed by atoms with van der Waals surface area (Å²) >= 11 is 0. The molecule has 0 spiro atoms. The Hall–Kier alpha value is -3.19. The van der Waals surface area contributed by atoms with Crippen LogP contribution in [-0.2, 0) is 24.0 Å². The number of likely N-dealkylation sites (tertiary alicyclic amines) is 1. The fraction of sp³-hybridized carbons (Fsp3) is 0.800. The first-order valence-electron chi connectivity index (χ1n) is 15.3. The molecule has 11 nitrogen and oxygen atoms in total. The van der Waals surface area contributed by atoms with Crippen LogP contribution < -0.4 is 21.3 Å². The largest absolute Gasteiger partial charge is 0.389 e. The average Bonchev–Trinajstić information content (AvgIpc) is 3.69. The van der Waals surface area contributed by atoms with Crippen LogP contribution in [0, 0.1) is 17.3 Å². The molecular formula is C30H50F3N5O6. The number of ketones is 2. The molecule has 252 valence electrons. The molecule has 44 heavy (non-hydrogen) atoms. The predicted octanol–water partition coefficient (Wildman–Crippen LogP) is 3.25. The van der Waals surface area contributed by atoms with Crippen LogP contribution in [-0.4, -0.2) is 84.2 Å². The highest BCUT2D eigenvalue weighted by atomic mass is 19.4. The van der Waals surface area contributed by atoms with Gasteiger partial charge in [0.25, 0.3) is 5.91 Å². The summed E-state index contributed by atoms with van der Waals surface area (Å²) in [5.41, 5.74) is -0.412. The van der Waals surface area contributed by atoms with E-state index in [1.54, 1.807) is 6.92 Å². The Bertz CT molecular complexity index is 1010. The number of hydrogen-bond acceptors (Lipinski definition) is 6. The standard InChI is InChI=1S/C20H35N3O3.C10H15F3N2O3/c1-12(2)15(16(24)14-9-10-14)21-19(26)22-17(20(4,5)6)18(25)23-11-7-8-13(23)3;1-2-5-14-9(18)8(17)7(15-6-16)3-4-10(11,12)13/h12-15,17H,7-11H2,1-6H3,(H2,21,22,26);6-7H,2-5H2,1H3,(H,14,18)(H,15,16). The number of hydrogen-bond donors (Lipinski definition) is 4. The van der Waals surface area contributed by atoms with Gasteiger partial charge in [0.15, 0.2) is 5.78 Å². The van der Waals surface area contributed by atoms with Crippen LogP contribution in [0.5, 0.6) is 0 Å². The zero-order valence-electron chi connectivity index (χ0n) is 26.9. The van der Waals surface area contributed by atoms with Gasteiger partial charge in [-0.2, -0.15) is 13.2 Å². The molecule has 4 unspecified atom stereocenters. The van der Waals surface area contributed by atoms with Gasteiger partial charge in [-0.3, -0.25) is 24.0 Å². The Morgan fingerprint density at radius 1 is 1.00 bits per heavy atom. The van der Waals surface area contributed by atoms with Crippen LogP contribution in [0.1, 0.15) is 93.4 Å². The number of halogens is 3. The lowest BCUT2D eigenvalue weighted by molar-refractivity contribution is -0.145. The Morgan fingerprint density at radius 3 is 2.05 bits per heavy atom. The molecule has 1 heterocycles. The van der Waals surface area contributed by atoms with E-state index < -0.39 is 60.3 Å². The van der Waals surface area contributed by atoms with Gasteiger partial charge < -0.3 is 26.2 Å². The number of alkyl halides is 3. The predicted molar refractivity (Wildman–Crippen MR) is 158 cm³/mol. The lowest BCUT2D eigenvalue weighted by atomic mass is 9.85. The zero-order chi connectivity index (χ0) is 33.8. The fourth-order valence-corrected chi connectivity index (χ4v) is 4.74. The molecule has 2 aliphatic rings. The highest BCUT2D eigenvalue weighted by Gasteiger charge is 2.40. The first-order chi connectivity index (χ1) is 20.3. The van der Waals surface area contributed by atoms with Crippen molar-refractivity contribution in [2.45, 2.75) is 124 Å². The second-order valence-corrected chi connectivity index (χ2v) is 12.9.